The molecule has 0 aliphatic heterocycles. The second kappa shape index (κ2) is 34.0. The SMILES string of the molecule is c1ccc(-c2cc(-c3ccccc3)cc(-n3c4ccccc4c4cccc(-c5ccc6c(c5)c5ccccc5n6-c5ccccc5)c43)c2)cc1.c1ccc(-c2ccc(-n3c4ccccc4c4cccc(-c5ccc6c(c5)c5ccccc5n6-c5ccccc5)c43)cc2)cc1.c1ccc(-c2cccc(-n3c4ccccc4c4cccc(-c5ccc6c(c5)c5ccccc5n6-c5ccccc5)c43)c2)cc1. The molecule has 6 nitrogen and oxygen atoms in total. The fourth-order valence-corrected chi connectivity index (χ4v) is 21.8. The summed E-state index contributed by atoms with van der Waals surface area (Å²) in [5.74, 6) is 0. The summed E-state index contributed by atoms with van der Waals surface area (Å²) >= 11 is 0. The molecular formula is C132H88N6. The van der Waals surface area contributed by atoms with Crippen LogP contribution in [-0.4, -0.2) is 27.4 Å². The summed E-state index contributed by atoms with van der Waals surface area (Å²) in [6, 6.07) is 193. The zero-order valence-corrected chi connectivity index (χ0v) is 75.5. The van der Waals surface area contributed by atoms with E-state index in [0.717, 1.165) is 17.1 Å². The van der Waals surface area contributed by atoms with E-state index in [4.69, 9.17) is 0 Å². The second-order valence-corrected chi connectivity index (χ2v) is 35.8. The quantitative estimate of drug-likeness (QED) is 0.110. The van der Waals surface area contributed by atoms with Crippen molar-refractivity contribution in [2.75, 3.05) is 0 Å². The summed E-state index contributed by atoms with van der Waals surface area (Å²) in [6.07, 6.45) is 0. The van der Waals surface area contributed by atoms with Gasteiger partial charge in [0.15, 0.2) is 0 Å². The lowest BCUT2D eigenvalue weighted by atomic mass is 9.97. The summed E-state index contributed by atoms with van der Waals surface area (Å²) in [5, 5.41) is 15.1. The number of benzene rings is 22. The van der Waals surface area contributed by atoms with Gasteiger partial charge in [-0.3, -0.25) is 0 Å². The summed E-state index contributed by atoms with van der Waals surface area (Å²) in [4.78, 5) is 0. The van der Waals surface area contributed by atoms with Crippen LogP contribution in [0.4, 0.5) is 0 Å². The normalized spacial score (nSPS) is 11.6. The molecule has 6 aromatic heterocycles. The van der Waals surface area contributed by atoms with E-state index in [2.05, 4.69) is 561 Å². The molecule has 28 rings (SSSR count). The molecule has 22 aromatic carbocycles. The lowest BCUT2D eigenvalue weighted by Gasteiger charge is -2.16. The number of rotatable bonds is 13. The summed E-state index contributed by atoms with van der Waals surface area (Å²) in [5.41, 5.74) is 38.5. The van der Waals surface area contributed by atoms with E-state index >= 15 is 0 Å². The van der Waals surface area contributed by atoms with Gasteiger partial charge in [0.05, 0.1) is 66.2 Å². The van der Waals surface area contributed by atoms with E-state index in [1.165, 1.54) is 226 Å². The Bertz CT molecular complexity index is 9480. The summed E-state index contributed by atoms with van der Waals surface area (Å²) in [6.45, 7) is 0. The Labute approximate surface area is 798 Å². The van der Waals surface area contributed by atoms with Crippen LogP contribution < -0.4 is 0 Å². The average Bonchev–Trinajstić information content (AvgIpc) is 1.57. The van der Waals surface area contributed by atoms with Crippen molar-refractivity contribution in [2.24, 2.45) is 0 Å². The monoisotopic (exact) mass is 1760 g/mol. The van der Waals surface area contributed by atoms with Crippen LogP contribution in [0.1, 0.15) is 0 Å². The van der Waals surface area contributed by atoms with Crippen LogP contribution in [-0.2, 0) is 0 Å². The molecule has 0 spiro atoms. The van der Waals surface area contributed by atoms with Crippen LogP contribution in [0.15, 0.2) is 534 Å². The molecule has 0 aliphatic rings. The third-order valence-electron chi connectivity index (χ3n) is 27.9. The molecule has 6 heterocycles. The smallest absolute Gasteiger partial charge is 0.0619 e. The zero-order valence-electron chi connectivity index (χ0n) is 75.5. The molecule has 138 heavy (non-hydrogen) atoms. The lowest BCUT2D eigenvalue weighted by molar-refractivity contribution is 1.18. The first-order valence-electron chi connectivity index (χ1n) is 47.4. The number of hydrogen-bond donors (Lipinski definition) is 0. The number of fused-ring (bicyclic) bond motifs is 18. The highest BCUT2D eigenvalue weighted by molar-refractivity contribution is 6.20. The lowest BCUT2D eigenvalue weighted by Crippen LogP contribution is -1.97. The Balaban J connectivity index is 0.000000107. The Morgan fingerprint density at radius 3 is 0.645 bits per heavy atom. The third-order valence-corrected chi connectivity index (χ3v) is 27.9. The van der Waals surface area contributed by atoms with Gasteiger partial charge in [-0.05, 0) is 213 Å². The predicted octanol–water partition coefficient (Wildman–Crippen LogP) is 35.3. The Morgan fingerprint density at radius 1 is 0.0942 bits per heavy atom. The van der Waals surface area contributed by atoms with Gasteiger partial charge in [-0.15, -0.1) is 0 Å². The van der Waals surface area contributed by atoms with Crippen LogP contribution in [0, 0.1) is 0 Å². The predicted molar refractivity (Wildman–Crippen MR) is 583 cm³/mol. The molecule has 28 aromatic rings. The van der Waals surface area contributed by atoms with Crippen LogP contribution in [0.5, 0.6) is 0 Å². The van der Waals surface area contributed by atoms with Gasteiger partial charge in [0, 0.05) is 115 Å². The fourth-order valence-electron chi connectivity index (χ4n) is 21.8. The van der Waals surface area contributed by atoms with Crippen molar-refractivity contribution in [3.05, 3.63) is 534 Å². The molecule has 6 heteroatoms. The Kier molecular flexibility index (Phi) is 19.9. The van der Waals surface area contributed by atoms with Gasteiger partial charge in [0.25, 0.3) is 0 Å². The number of para-hydroxylation sites is 12. The Hall–Kier alpha value is -18.4. The van der Waals surface area contributed by atoms with Crippen molar-refractivity contribution in [3.8, 4) is 112 Å². The van der Waals surface area contributed by atoms with Crippen LogP contribution in [0.25, 0.3) is 243 Å². The average molecular weight is 1760 g/mol. The molecule has 0 saturated carbocycles. The minimum Gasteiger partial charge on any atom is -0.309 e. The minimum atomic E-state index is 1.14. The maximum absolute atomic E-state index is 2.48. The highest BCUT2D eigenvalue weighted by Crippen LogP contribution is 2.48. The molecule has 0 atom stereocenters. The molecule has 0 saturated heterocycles. The third kappa shape index (κ3) is 13.8. The van der Waals surface area contributed by atoms with Crippen molar-refractivity contribution in [2.45, 2.75) is 0 Å². The summed E-state index contributed by atoms with van der Waals surface area (Å²) in [7, 11) is 0. The maximum atomic E-state index is 2.48. The van der Waals surface area contributed by atoms with Gasteiger partial charge < -0.3 is 27.4 Å². The van der Waals surface area contributed by atoms with Gasteiger partial charge in [-0.2, -0.15) is 0 Å². The van der Waals surface area contributed by atoms with E-state index in [9.17, 15) is 0 Å². The number of nitrogens with zero attached hydrogens (tertiary/aromatic N) is 6. The topological polar surface area (TPSA) is 29.6 Å². The minimum absolute atomic E-state index is 1.14. The first-order valence-corrected chi connectivity index (χ1v) is 47.4. The molecule has 0 amide bonds. The molecular weight excluding hydrogens is 1670 g/mol. The standard InChI is InChI=1S/C48H32N2.2C42H28N2/c1-4-15-33(16-5-1)36-29-37(34-17-6-2-7-18-34)31-39(30-36)50-46-26-13-10-21-41(46)43-24-14-23-40(48(43)50)35-27-28-47-44(32-35)42-22-11-12-25-45(42)49(47)38-19-8-3-9-20-38;1-3-13-29(14-4-1)30-15-11-18-33(27-30)44-40-24-10-7-19-35(40)37-22-12-21-34(42(37)44)31-25-26-41-38(28-31)36-20-8-9-23-39(36)43(41)32-16-5-2-6-17-32;1-3-12-29(13-4-1)30-22-25-33(26-23-30)44-40-21-10-7-16-35(40)37-19-11-18-34(42(37)44)31-24-27-41-38(28-31)36-17-8-9-20-39(36)43(41)32-14-5-2-6-15-32/h1-32H;2*1-28H. The molecule has 0 unspecified atom stereocenters. The van der Waals surface area contributed by atoms with Crippen LogP contribution >= 0.6 is 0 Å². The molecule has 0 N–H and O–H groups in total. The van der Waals surface area contributed by atoms with Gasteiger partial charge in [0.2, 0.25) is 0 Å². The first-order chi connectivity index (χ1) is 68.5. The van der Waals surface area contributed by atoms with Crippen LogP contribution in [0.2, 0.25) is 0 Å². The highest BCUT2D eigenvalue weighted by atomic mass is 15.0. The Morgan fingerprint density at radius 2 is 0.304 bits per heavy atom. The number of aromatic nitrogens is 6. The molecule has 0 bridgehead atoms. The molecule has 0 fully saturated rings. The van der Waals surface area contributed by atoms with Crippen LogP contribution in [0.3, 0.4) is 0 Å². The van der Waals surface area contributed by atoms with Gasteiger partial charge in [0.1, 0.15) is 0 Å². The largest absolute Gasteiger partial charge is 0.309 e. The van der Waals surface area contributed by atoms with Crippen molar-refractivity contribution in [3.63, 3.8) is 0 Å². The fraction of sp³-hybridized carbons (Fsp3) is 0. The van der Waals surface area contributed by atoms with E-state index < -0.39 is 0 Å². The summed E-state index contributed by atoms with van der Waals surface area (Å²) < 4.78 is 14.5. The van der Waals surface area contributed by atoms with Crippen molar-refractivity contribution < 1.29 is 0 Å². The van der Waals surface area contributed by atoms with E-state index in [-0.39, 0.29) is 0 Å². The van der Waals surface area contributed by atoms with Gasteiger partial charge in [-0.1, -0.05) is 382 Å². The first kappa shape index (κ1) is 80.5. The molecule has 0 aliphatic carbocycles. The van der Waals surface area contributed by atoms with Gasteiger partial charge >= 0.3 is 0 Å². The van der Waals surface area contributed by atoms with E-state index in [1.54, 1.807) is 0 Å². The highest BCUT2D eigenvalue weighted by Gasteiger charge is 2.25. The zero-order chi connectivity index (χ0) is 91.1. The number of hydrogen-bond acceptors (Lipinski definition) is 0. The molecule has 0 radical (unpaired) electrons. The van der Waals surface area contributed by atoms with Crippen molar-refractivity contribution in [1.29, 1.82) is 0 Å². The van der Waals surface area contributed by atoms with Crippen molar-refractivity contribution in [1.82, 2.24) is 27.4 Å². The van der Waals surface area contributed by atoms with E-state index in [1.807, 2.05) is 0 Å². The van der Waals surface area contributed by atoms with Crippen molar-refractivity contribution >= 4 is 131 Å². The molecule has 646 valence electrons. The van der Waals surface area contributed by atoms with Gasteiger partial charge in [-0.25, -0.2) is 0 Å². The van der Waals surface area contributed by atoms with E-state index in [0.29, 0.717) is 0 Å². The second-order valence-electron chi connectivity index (χ2n) is 35.8. The maximum Gasteiger partial charge on any atom is 0.0619 e.